The normalized spacial score (nSPS) is 47.0. The summed E-state index contributed by atoms with van der Waals surface area (Å²) in [5.41, 5.74) is 3.89. The lowest BCUT2D eigenvalue weighted by Gasteiger charge is -2.33. The van der Waals surface area contributed by atoms with Crippen LogP contribution in [0.1, 0.15) is 6.42 Å². The summed E-state index contributed by atoms with van der Waals surface area (Å²) in [7, 11) is 0. The van der Waals surface area contributed by atoms with Gasteiger partial charge in [0, 0.05) is 19.1 Å². The highest BCUT2D eigenvalue weighted by Gasteiger charge is 2.64. The lowest BCUT2D eigenvalue weighted by molar-refractivity contribution is -0.219. The maximum atomic E-state index is 12.6. The van der Waals surface area contributed by atoms with Crippen molar-refractivity contribution in [3.8, 4) is 0 Å². The van der Waals surface area contributed by atoms with Crippen molar-refractivity contribution < 1.29 is 13.2 Å². The van der Waals surface area contributed by atoms with Gasteiger partial charge >= 0.3 is 6.18 Å². The van der Waals surface area contributed by atoms with Crippen molar-refractivity contribution in [2.75, 3.05) is 19.6 Å². The zero-order valence-electron chi connectivity index (χ0n) is 6.56. The van der Waals surface area contributed by atoms with Crippen LogP contribution in [0.2, 0.25) is 0 Å². The molecule has 0 spiro atoms. The molecule has 5 heteroatoms. The van der Waals surface area contributed by atoms with Gasteiger partial charge in [0.25, 0.3) is 0 Å². The van der Waals surface area contributed by atoms with E-state index in [0.717, 1.165) is 0 Å². The fraction of sp³-hybridized carbons (Fsp3) is 1.00. The van der Waals surface area contributed by atoms with Crippen LogP contribution >= 0.6 is 0 Å². The molecule has 2 saturated heterocycles. The molecule has 70 valence electrons. The lowest BCUT2D eigenvalue weighted by Crippen LogP contribution is -2.51. The van der Waals surface area contributed by atoms with E-state index in [4.69, 9.17) is 5.73 Å². The summed E-state index contributed by atoms with van der Waals surface area (Å²) in [5.74, 6) is 0. The third-order valence-corrected chi connectivity index (χ3v) is 3.11. The summed E-state index contributed by atoms with van der Waals surface area (Å²) in [6.45, 7) is 1.06. The number of halogens is 3. The maximum Gasteiger partial charge on any atom is 0.397 e. The van der Waals surface area contributed by atoms with Crippen molar-refractivity contribution >= 4 is 0 Å². The largest absolute Gasteiger partial charge is 0.397 e. The predicted molar refractivity (Wildman–Crippen MR) is 37.5 cm³/mol. The molecule has 0 aliphatic carbocycles. The topological polar surface area (TPSA) is 29.3 Å². The second kappa shape index (κ2) is 2.14. The SMILES string of the molecule is NC1CN2CCC1(C(F)(F)F)C2. The van der Waals surface area contributed by atoms with Crippen LogP contribution in [0, 0.1) is 5.41 Å². The number of fused-ring (bicyclic) bond motifs is 2. The van der Waals surface area contributed by atoms with Gasteiger partial charge in [-0.2, -0.15) is 13.2 Å². The molecule has 0 aromatic rings. The summed E-state index contributed by atoms with van der Waals surface area (Å²) >= 11 is 0. The van der Waals surface area contributed by atoms with E-state index in [1.165, 1.54) is 0 Å². The standard InChI is InChI=1S/C7H11F3N2/c8-7(9,10)6-1-2-12(4-6)3-5(6)11/h5H,1-4,11H2. The minimum atomic E-state index is -4.13. The Labute approximate surface area is 68.5 Å². The molecular formula is C7H11F3N2. The smallest absolute Gasteiger partial charge is 0.326 e. The monoisotopic (exact) mass is 180 g/mol. The molecule has 0 aromatic carbocycles. The summed E-state index contributed by atoms with van der Waals surface area (Å²) in [6.07, 6.45) is -3.95. The van der Waals surface area contributed by atoms with Gasteiger partial charge in [-0.15, -0.1) is 0 Å². The Bertz CT molecular complexity index is 203. The van der Waals surface area contributed by atoms with Crippen molar-refractivity contribution in [3.63, 3.8) is 0 Å². The molecule has 2 aliphatic rings. The number of nitrogens with zero attached hydrogens (tertiary/aromatic N) is 1. The van der Waals surface area contributed by atoms with Crippen molar-refractivity contribution in [1.82, 2.24) is 4.90 Å². The zero-order chi connectivity index (χ0) is 8.98. The molecular weight excluding hydrogens is 169 g/mol. The number of alkyl halides is 3. The Balaban J connectivity index is 2.30. The van der Waals surface area contributed by atoms with E-state index in [-0.39, 0.29) is 13.0 Å². The van der Waals surface area contributed by atoms with Gasteiger partial charge in [-0.3, -0.25) is 0 Å². The van der Waals surface area contributed by atoms with Crippen LogP contribution in [-0.4, -0.2) is 36.8 Å². The molecule has 2 heterocycles. The highest BCUT2D eigenvalue weighted by molar-refractivity contribution is 5.08. The third-order valence-electron chi connectivity index (χ3n) is 3.11. The average Bonchev–Trinajstić information content (AvgIpc) is 2.41. The molecule has 0 radical (unpaired) electrons. The van der Waals surface area contributed by atoms with Gasteiger partial charge in [0.05, 0.1) is 5.41 Å². The molecule has 2 fully saturated rings. The van der Waals surface area contributed by atoms with Crippen molar-refractivity contribution in [2.45, 2.75) is 18.6 Å². The Morgan fingerprint density at radius 2 is 2.08 bits per heavy atom. The fourth-order valence-electron chi connectivity index (χ4n) is 2.27. The minimum absolute atomic E-state index is 0.109. The van der Waals surface area contributed by atoms with Crippen molar-refractivity contribution in [3.05, 3.63) is 0 Å². The first-order valence-corrected chi connectivity index (χ1v) is 4.00. The maximum absolute atomic E-state index is 12.6. The van der Waals surface area contributed by atoms with Gasteiger partial charge in [-0.05, 0) is 13.0 Å². The van der Waals surface area contributed by atoms with Crippen LogP contribution in [0.15, 0.2) is 0 Å². The highest BCUT2D eigenvalue weighted by atomic mass is 19.4. The van der Waals surface area contributed by atoms with Gasteiger partial charge in [0.2, 0.25) is 0 Å². The molecule has 0 saturated carbocycles. The lowest BCUT2D eigenvalue weighted by atomic mass is 9.80. The third kappa shape index (κ3) is 0.835. The van der Waals surface area contributed by atoms with Gasteiger partial charge in [-0.1, -0.05) is 0 Å². The fourth-order valence-corrected chi connectivity index (χ4v) is 2.27. The van der Waals surface area contributed by atoms with Crippen LogP contribution in [0.5, 0.6) is 0 Å². The number of hydrogen-bond donors (Lipinski definition) is 1. The van der Waals surface area contributed by atoms with E-state index in [2.05, 4.69) is 0 Å². The molecule has 2 bridgehead atoms. The van der Waals surface area contributed by atoms with Crippen molar-refractivity contribution in [1.29, 1.82) is 0 Å². The average molecular weight is 180 g/mol. The molecule has 2 nitrogen and oxygen atoms in total. The van der Waals surface area contributed by atoms with E-state index in [1.54, 1.807) is 4.90 Å². The summed E-state index contributed by atoms with van der Waals surface area (Å²) in [4.78, 5) is 1.79. The van der Waals surface area contributed by atoms with Gasteiger partial charge < -0.3 is 10.6 Å². The van der Waals surface area contributed by atoms with Crippen LogP contribution in [0.3, 0.4) is 0 Å². The number of nitrogens with two attached hydrogens (primary N) is 1. The second-order valence-electron chi connectivity index (χ2n) is 3.75. The first-order chi connectivity index (χ1) is 5.46. The first kappa shape index (κ1) is 8.31. The Morgan fingerprint density at radius 3 is 2.33 bits per heavy atom. The van der Waals surface area contributed by atoms with E-state index < -0.39 is 17.6 Å². The van der Waals surface area contributed by atoms with E-state index in [1.807, 2.05) is 0 Å². The van der Waals surface area contributed by atoms with Crippen LogP contribution in [0.25, 0.3) is 0 Å². The molecule has 2 aliphatic heterocycles. The van der Waals surface area contributed by atoms with E-state index >= 15 is 0 Å². The Hall–Kier alpha value is -0.290. The highest BCUT2D eigenvalue weighted by Crippen LogP contribution is 2.51. The minimum Gasteiger partial charge on any atom is -0.326 e. The molecule has 2 N–H and O–H groups in total. The number of rotatable bonds is 0. The molecule has 12 heavy (non-hydrogen) atoms. The predicted octanol–water partition coefficient (Wildman–Crippen LogP) is 0.582. The van der Waals surface area contributed by atoms with Crippen LogP contribution in [-0.2, 0) is 0 Å². The molecule has 3 unspecified atom stereocenters. The van der Waals surface area contributed by atoms with Crippen LogP contribution < -0.4 is 5.73 Å². The summed E-state index contributed by atoms with van der Waals surface area (Å²) < 4.78 is 37.8. The molecule has 2 rings (SSSR count). The molecule has 0 aromatic heterocycles. The van der Waals surface area contributed by atoms with Gasteiger partial charge in [0.15, 0.2) is 0 Å². The number of hydrogen-bond acceptors (Lipinski definition) is 2. The quantitative estimate of drug-likeness (QED) is 0.591. The molecule has 3 atom stereocenters. The zero-order valence-corrected chi connectivity index (χ0v) is 6.56. The van der Waals surface area contributed by atoms with E-state index in [9.17, 15) is 13.2 Å². The second-order valence-corrected chi connectivity index (χ2v) is 3.75. The summed E-state index contributed by atoms with van der Waals surface area (Å²) in [5, 5.41) is 0. The van der Waals surface area contributed by atoms with Gasteiger partial charge in [0.1, 0.15) is 0 Å². The van der Waals surface area contributed by atoms with Crippen molar-refractivity contribution in [2.24, 2.45) is 11.1 Å². The molecule has 0 amide bonds. The Kier molecular flexibility index (Phi) is 1.48. The van der Waals surface area contributed by atoms with Gasteiger partial charge in [-0.25, -0.2) is 0 Å². The first-order valence-electron chi connectivity index (χ1n) is 4.00. The van der Waals surface area contributed by atoms with Crippen LogP contribution in [0.4, 0.5) is 13.2 Å². The van der Waals surface area contributed by atoms with E-state index in [0.29, 0.717) is 13.1 Å². The Morgan fingerprint density at radius 1 is 1.42 bits per heavy atom. The summed E-state index contributed by atoms with van der Waals surface area (Å²) in [6, 6.07) is -0.716. The number of piperidine rings is 1.